The fourth-order valence-corrected chi connectivity index (χ4v) is 5.02. The summed E-state index contributed by atoms with van der Waals surface area (Å²) in [6.07, 6.45) is -3.01. The second-order valence-electron chi connectivity index (χ2n) is 9.00. The molecule has 5 rings (SSSR count). The van der Waals surface area contributed by atoms with E-state index in [-0.39, 0.29) is 10.7 Å². The molecule has 0 aliphatic carbocycles. The fourth-order valence-electron chi connectivity index (χ4n) is 4.65. The van der Waals surface area contributed by atoms with Gasteiger partial charge in [-0.1, -0.05) is 42.5 Å². The van der Waals surface area contributed by atoms with Crippen molar-refractivity contribution >= 4 is 46.6 Å². The smallest absolute Gasteiger partial charge is 0.318 e. The average Bonchev–Trinajstić information content (AvgIpc) is 3.19. The van der Waals surface area contributed by atoms with E-state index in [1.165, 1.54) is 21.9 Å². The summed E-state index contributed by atoms with van der Waals surface area (Å²) in [4.78, 5) is 30.1. The molecule has 1 fully saturated rings. The first kappa shape index (κ1) is 26.1. The molecule has 4 aromatic rings. The number of carbonyl (C=O) groups excluding carboxylic acids is 2. The summed E-state index contributed by atoms with van der Waals surface area (Å²) in [5.74, 6) is -1.18. The Kier molecular flexibility index (Phi) is 6.69. The van der Waals surface area contributed by atoms with Crippen LogP contribution in [-0.4, -0.2) is 21.5 Å². The van der Waals surface area contributed by atoms with Crippen LogP contribution in [0.2, 0.25) is 0 Å². The van der Waals surface area contributed by atoms with Gasteiger partial charge in [0, 0.05) is 17.1 Å². The minimum atomic E-state index is -4.49. The average molecular weight is 546 g/mol. The molecule has 0 N–H and O–H groups in total. The lowest BCUT2D eigenvalue weighted by molar-refractivity contribution is -0.137. The van der Waals surface area contributed by atoms with Gasteiger partial charge in [0.25, 0.3) is 11.8 Å². The molecule has 1 aliphatic rings. The Hall–Kier alpha value is -4.50. The maximum atomic E-state index is 13.7. The summed E-state index contributed by atoms with van der Waals surface area (Å²) >= 11 is 5.63. The van der Waals surface area contributed by atoms with Gasteiger partial charge in [-0.15, -0.1) is 0 Å². The summed E-state index contributed by atoms with van der Waals surface area (Å²) in [7, 11) is 0. The van der Waals surface area contributed by atoms with Crippen molar-refractivity contribution in [2.24, 2.45) is 0 Å². The molecule has 39 heavy (non-hydrogen) atoms. The van der Waals surface area contributed by atoms with Crippen molar-refractivity contribution in [2.45, 2.75) is 20.0 Å². The molecule has 2 amide bonds. The standard InChI is InChI=1S/C30H22F3N3O2S/c1-19-16-21(20(2)34(19)25-15-9-10-22(18-25)30(31,32)33)17-26-27(37)35(23-11-5-3-6-12-23)29(39)36(28(26)38)24-13-7-4-8-14-24/h3-18H,1-2H3. The zero-order valence-corrected chi connectivity index (χ0v) is 21.8. The molecule has 0 bridgehead atoms. The fraction of sp³-hybridized carbons (Fsp3) is 0.100. The van der Waals surface area contributed by atoms with Gasteiger partial charge in [-0.25, -0.2) is 0 Å². The first-order valence-corrected chi connectivity index (χ1v) is 12.4. The first-order valence-electron chi connectivity index (χ1n) is 12.0. The second-order valence-corrected chi connectivity index (χ2v) is 9.37. The van der Waals surface area contributed by atoms with Crippen LogP contribution in [0, 0.1) is 13.8 Å². The topological polar surface area (TPSA) is 45.6 Å². The monoisotopic (exact) mass is 545 g/mol. The summed E-state index contributed by atoms with van der Waals surface area (Å²) < 4.78 is 41.7. The number of benzene rings is 3. The van der Waals surface area contributed by atoms with E-state index >= 15 is 0 Å². The first-order chi connectivity index (χ1) is 18.6. The third-order valence-corrected chi connectivity index (χ3v) is 6.85. The van der Waals surface area contributed by atoms with Crippen molar-refractivity contribution in [3.05, 3.63) is 119 Å². The van der Waals surface area contributed by atoms with Crippen LogP contribution in [0.25, 0.3) is 11.8 Å². The number of aryl methyl sites for hydroxylation is 1. The Labute approximate surface area is 228 Å². The zero-order chi connectivity index (χ0) is 27.9. The molecule has 0 atom stereocenters. The molecule has 3 aromatic carbocycles. The number of para-hydroxylation sites is 2. The SMILES string of the molecule is Cc1cc(C=C2C(=O)N(c3ccccc3)C(=S)N(c3ccccc3)C2=O)c(C)n1-c1cccc(C(F)(F)F)c1. The number of amides is 2. The van der Waals surface area contributed by atoms with Crippen molar-refractivity contribution in [2.75, 3.05) is 9.80 Å². The number of halogens is 3. The molecule has 0 saturated carbocycles. The highest BCUT2D eigenvalue weighted by Crippen LogP contribution is 2.33. The van der Waals surface area contributed by atoms with Crippen LogP contribution in [0.15, 0.2) is 96.6 Å². The number of nitrogens with zero attached hydrogens (tertiary/aromatic N) is 3. The molecular weight excluding hydrogens is 523 g/mol. The van der Waals surface area contributed by atoms with E-state index in [9.17, 15) is 22.8 Å². The Morgan fingerprint density at radius 1 is 0.718 bits per heavy atom. The van der Waals surface area contributed by atoms with Gasteiger partial charge in [-0.3, -0.25) is 19.4 Å². The number of hydrogen-bond donors (Lipinski definition) is 0. The molecule has 2 heterocycles. The highest BCUT2D eigenvalue weighted by molar-refractivity contribution is 7.81. The quantitative estimate of drug-likeness (QED) is 0.160. The van der Waals surface area contributed by atoms with E-state index in [4.69, 9.17) is 12.2 Å². The summed E-state index contributed by atoms with van der Waals surface area (Å²) in [6.45, 7) is 3.48. The van der Waals surface area contributed by atoms with Crippen molar-refractivity contribution in [3.8, 4) is 5.69 Å². The van der Waals surface area contributed by atoms with Crippen molar-refractivity contribution < 1.29 is 22.8 Å². The van der Waals surface area contributed by atoms with Crippen LogP contribution in [0.3, 0.4) is 0 Å². The van der Waals surface area contributed by atoms with Gasteiger partial charge in [0.05, 0.1) is 16.9 Å². The molecule has 5 nitrogen and oxygen atoms in total. The highest BCUT2D eigenvalue weighted by atomic mass is 32.1. The van der Waals surface area contributed by atoms with Gasteiger partial charge in [0.1, 0.15) is 5.57 Å². The van der Waals surface area contributed by atoms with Crippen LogP contribution in [-0.2, 0) is 15.8 Å². The van der Waals surface area contributed by atoms with Crippen LogP contribution in [0.5, 0.6) is 0 Å². The molecule has 0 unspecified atom stereocenters. The molecule has 1 saturated heterocycles. The van der Waals surface area contributed by atoms with Gasteiger partial charge in [0.15, 0.2) is 5.11 Å². The lowest BCUT2D eigenvalue weighted by Gasteiger charge is -2.36. The lowest BCUT2D eigenvalue weighted by Crippen LogP contribution is -2.56. The largest absolute Gasteiger partial charge is 0.416 e. The van der Waals surface area contributed by atoms with Crippen molar-refractivity contribution in [3.63, 3.8) is 0 Å². The summed E-state index contributed by atoms with van der Waals surface area (Å²) in [5.41, 5.74) is 2.17. The number of carbonyl (C=O) groups is 2. The Balaban J connectivity index is 1.64. The molecule has 196 valence electrons. The van der Waals surface area contributed by atoms with Gasteiger partial charge in [-0.2, -0.15) is 13.2 Å². The number of aromatic nitrogens is 1. The van der Waals surface area contributed by atoms with E-state index in [0.29, 0.717) is 34.0 Å². The van der Waals surface area contributed by atoms with Gasteiger partial charge in [0.2, 0.25) is 0 Å². The highest BCUT2D eigenvalue weighted by Gasteiger charge is 2.41. The van der Waals surface area contributed by atoms with Crippen molar-refractivity contribution in [1.82, 2.24) is 4.57 Å². The van der Waals surface area contributed by atoms with Crippen LogP contribution in [0.1, 0.15) is 22.5 Å². The Morgan fingerprint density at radius 3 is 1.74 bits per heavy atom. The molecule has 0 radical (unpaired) electrons. The predicted molar refractivity (Wildman–Crippen MR) is 149 cm³/mol. The van der Waals surface area contributed by atoms with E-state index < -0.39 is 23.6 Å². The normalized spacial score (nSPS) is 14.3. The van der Waals surface area contributed by atoms with E-state index in [0.717, 1.165) is 12.1 Å². The third kappa shape index (κ3) is 4.77. The lowest BCUT2D eigenvalue weighted by atomic mass is 10.0. The zero-order valence-electron chi connectivity index (χ0n) is 20.9. The Bertz CT molecular complexity index is 1560. The number of alkyl halides is 3. The number of anilines is 2. The minimum Gasteiger partial charge on any atom is -0.318 e. The molecule has 1 aliphatic heterocycles. The summed E-state index contributed by atoms with van der Waals surface area (Å²) in [6, 6.07) is 24.3. The minimum absolute atomic E-state index is 0.0222. The molecule has 1 aromatic heterocycles. The van der Waals surface area contributed by atoms with E-state index in [1.54, 1.807) is 91.2 Å². The predicted octanol–water partition coefficient (Wildman–Crippen LogP) is 6.86. The second kappa shape index (κ2) is 9.99. The van der Waals surface area contributed by atoms with E-state index in [1.807, 2.05) is 0 Å². The molecular formula is C30H22F3N3O2S. The third-order valence-electron chi connectivity index (χ3n) is 6.48. The number of thiocarbonyl (C=S) groups is 1. The van der Waals surface area contributed by atoms with Crippen LogP contribution >= 0.6 is 12.2 Å². The van der Waals surface area contributed by atoms with Gasteiger partial charge >= 0.3 is 6.18 Å². The molecule has 9 heteroatoms. The number of rotatable bonds is 4. The summed E-state index contributed by atoms with van der Waals surface area (Å²) in [5, 5.41) is 0.0222. The molecule has 0 spiro atoms. The maximum absolute atomic E-state index is 13.7. The van der Waals surface area contributed by atoms with Crippen molar-refractivity contribution in [1.29, 1.82) is 0 Å². The van der Waals surface area contributed by atoms with Gasteiger partial charge < -0.3 is 4.57 Å². The maximum Gasteiger partial charge on any atom is 0.416 e. The van der Waals surface area contributed by atoms with E-state index in [2.05, 4.69) is 0 Å². The van der Waals surface area contributed by atoms with Crippen LogP contribution < -0.4 is 9.80 Å². The Morgan fingerprint density at radius 2 is 1.23 bits per heavy atom. The number of hydrogen-bond acceptors (Lipinski definition) is 3. The van der Waals surface area contributed by atoms with Crippen LogP contribution in [0.4, 0.5) is 24.5 Å². The van der Waals surface area contributed by atoms with Gasteiger partial charge in [-0.05, 0) is 86.2 Å².